The molecule has 0 N–H and O–H groups in total. The Hall–Kier alpha value is -1.43. The van der Waals surface area contributed by atoms with E-state index in [0.29, 0.717) is 10.9 Å². The summed E-state index contributed by atoms with van der Waals surface area (Å²) in [6.07, 6.45) is 0.802. The van der Waals surface area contributed by atoms with Crippen LogP contribution in [-0.4, -0.2) is 9.78 Å². The Morgan fingerprint density at radius 2 is 1.90 bits per heavy atom. The topological polar surface area (TPSA) is 27.1 Å². The van der Waals surface area contributed by atoms with Crippen LogP contribution in [-0.2, 0) is 25.4 Å². The minimum atomic E-state index is -0.697. The molecule has 1 aromatic carbocycles. The molecule has 0 saturated heterocycles. The summed E-state index contributed by atoms with van der Waals surface area (Å²) in [6, 6.07) is 4.38. The van der Waals surface area contributed by atoms with Crippen LogP contribution in [0.3, 0.4) is 0 Å². The minimum absolute atomic E-state index is 0.0744. The Balaban J connectivity index is 2.16. The molecule has 2 rings (SSSR count). The summed E-state index contributed by atoms with van der Waals surface area (Å²) in [5.74, 6) is -1.75. The van der Waals surface area contributed by atoms with Crippen LogP contribution >= 0.6 is 15.9 Å². The average molecular weight is 345 g/mol. The molecule has 1 aromatic heterocycles. The fourth-order valence-electron chi connectivity index (χ4n) is 1.85. The lowest BCUT2D eigenvalue weighted by Gasteiger charge is -2.09. The number of aromatic nitrogens is 2. The van der Waals surface area contributed by atoms with Crippen molar-refractivity contribution in [3.63, 3.8) is 0 Å². The van der Waals surface area contributed by atoms with E-state index >= 15 is 0 Å². The van der Waals surface area contributed by atoms with Crippen molar-refractivity contribution in [2.45, 2.75) is 25.3 Å². The van der Waals surface area contributed by atoms with E-state index in [1.54, 1.807) is 11.7 Å². The molecule has 0 unspecified atom stereocenters. The summed E-state index contributed by atoms with van der Waals surface area (Å²) < 4.78 is 34.4. The van der Waals surface area contributed by atoms with E-state index in [0.717, 1.165) is 17.8 Å². The van der Waals surface area contributed by atoms with Crippen molar-refractivity contribution in [3.05, 3.63) is 46.8 Å². The highest BCUT2D eigenvalue weighted by Gasteiger charge is 2.14. The molecule has 3 nitrogen and oxygen atoms in total. The number of nitrogens with zero attached hydrogens (tertiary/aromatic N) is 2. The first-order valence-corrected chi connectivity index (χ1v) is 7.35. The van der Waals surface area contributed by atoms with Crippen LogP contribution in [0.1, 0.15) is 23.9 Å². The molecule has 0 spiro atoms. The number of alkyl halides is 1. The molecule has 0 aliphatic carbocycles. The van der Waals surface area contributed by atoms with E-state index in [9.17, 15) is 8.78 Å². The lowest BCUT2D eigenvalue weighted by Crippen LogP contribution is -2.05. The average Bonchev–Trinajstić information content (AvgIpc) is 2.78. The summed E-state index contributed by atoms with van der Waals surface area (Å²) >= 11 is 3.16. The van der Waals surface area contributed by atoms with Gasteiger partial charge in [0.25, 0.3) is 0 Å². The Bertz CT molecular complexity index is 590. The highest BCUT2D eigenvalue weighted by Crippen LogP contribution is 2.25. The number of benzene rings is 1. The van der Waals surface area contributed by atoms with Gasteiger partial charge in [-0.2, -0.15) is 5.10 Å². The molecule has 6 heteroatoms. The second-order valence-corrected chi connectivity index (χ2v) is 4.98. The van der Waals surface area contributed by atoms with Crippen LogP contribution in [0.2, 0.25) is 0 Å². The first-order chi connectivity index (χ1) is 9.55. The number of aryl methyl sites for hydroxylation is 2. The van der Waals surface area contributed by atoms with Gasteiger partial charge in [0, 0.05) is 12.4 Å². The highest BCUT2D eigenvalue weighted by molar-refractivity contribution is 9.08. The SMILES string of the molecule is CCc1cc(COc2c(F)cc(CBr)cc2F)n(C)n1. The van der Waals surface area contributed by atoms with Gasteiger partial charge in [-0.25, -0.2) is 8.78 Å². The van der Waals surface area contributed by atoms with Crippen LogP contribution in [0.5, 0.6) is 5.75 Å². The van der Waals surface area contributed by atoms with E-state index in [1.807, 2.05) is 13.0 Å². The number of halogens is 3. The van der Waals surface area contributed by atoms with Gasteiger partial charge in [-0.05, 0) is 30.2 Å². The lowest BCUT2D eigenvalue weighted by atomic mass is 10.2. The molecule has 0 amide bonds. The van der Waals surface area contributed by atoms with Crippen LogP contribution in [0.15, 0.2) is 18.2 Å². The zero-order valence-electron chi connectivity index (χ0n) is 11.3. The Morgan fingerprint density at radius 1 is 1.25 bits per heavy atom. The molecule has 0 saturated carbocycles. The van der Waals surface area contributed by atoms with E-state index in [2.05, 4.69) is 21.0 Å². The molecule has 108 valence electrons. The monoisotopic (exact) mass is 344 g/mol. The van der Waals surface area contributed by atoms with Gasteiger partial charge in [-0.3, -0.25) is 4.68 Å². The first-order valence-electron chi connectivity index (χ1n) is 6.23. The van der Waals surface area contributed by atoms with Crippen molar-refractivity contribution < 1.29 is 13.5 Å². The highest BCUT2D eigenvalue weighted by atomic mass is 79.9. The van der Waals surface area contributed by atoms with Crippen molar-refractivity contribution in [3.8, 4) is 5.75 Å². The number of ether oxygens (including phenoxy) is 1. The molecule has 0 atom stereocenters. The predicted molar refractivity (Wildman–Crippen MR) is 75.9 cm³/mol. The Kier molecular flexibility index (Phi) is 4.75. The zero-order valence-corrected chi connectivity index (χ0v) is 12.9. The van der Waals surface area contributed by atoms with Gasteiger partial charge < -0.3 is 4.74 Å². The van der Waals surface area contributed by atoms with Crippen molar-refractivity contribution in [1.82, 2.24) is 9.78 Å². The predicted octanol–water partition coefficient (Wildman–Crippen LogP) is 3.73. The van der Waals surface area contributed by atoms with E-state index in [1.165, 1.54) is 12.1 Å². The zero-order chi connectivity index (χ0) is 14.7. The lowest BCUT2D eigenvalue weighted by molar-refractivity contribution is 0.265. The third kappa shape index (κ3) is 3.17. The second-order valence-electron chi connectivity index (χ2n) is 4.42. The van der Waals surface area contributed by atoms with Gasteiger partial charge >= 0.3 is 0 Å². The third-order valence-corrected chi connectivity index (χ3v) is 3.61. The number of rotatable bonds is 5. The smallest absolute Gasteiger partial charge is 0.191 e. The minimum Gasteiger partial charge on any atom is -0.481 e. The van der Waals surface area contributed by atoms with E-state index in [4.69, 9.17) is 4.74 Å². The van der Waals surface area contributed by atoms with Crippen molar-refractivity contribution in [1.29, 1.82) is 0 Å². The number of hydrogen-bond acceptors (Lipinski definition) is 2. The van der Waals surface area contributed by atoms with Crippen LogP contribution < -0.4 is 4.74 Å². The van der Waals surface area contributed by atoms with Crippen LogP contribution in [0, 0.1) is 11.6 Å². The van der Waals surface area contributed by atoms with Gasteiger partial charge in [-0.15, -0.1) is 0 Å². The molecule has 0 aliphatic rings. The summed E-state index contributed by atoms with van der Waals surface area (Å²) in [5.41, 5.74) is 2.22. The largest absolute Gasteiger partial charge is 0.481 e. The van der Waals surface area contributed by atoms with Crippen molar-refractivity contribution in [2.24, 2.45) is 7.05 Å². The fraction of sp³-hybridized carbons (Fsp3) is 0.357. The number of hydrogen-bond donors (Lipinski definition) is 0. The van der Waals surface area contributed by atoms with Crippen molar-refractivity contribution >= 4 is 15.9 Å². The molecule has 2 aromatic rings. The first kappa shape index (κ1) is 15.0. The van der Waals surface area contributed by atoms with Gasteiger partial charge in [0.1, 0.15) is 6.61 Å². The quantitative estimate of drug-likeness (QED) is 0.772. The van der Waals surface area contributed by atoms with Crippen molar-refractivity contribution in [2.75, 3.05) is 0 Å². The summed E-state index contributed by atoms with van der Waals surface area (Å²) in [4.78, 5) is 0. The standard InChI is InChI=1S/C14H15BrF2N2O/c1-3-10-6-11(19(2)18-10)8-20-14-12(16)4-9(7-15)5-13(14)17/h4-6H,3,7-8H2,1-2H3. The maximum Gasteiger partial charge on any atom is 0.191 e. The van der Waals surface area contributed by atoms with E-state index in [-0.39, 0.29) is 12.4 Å². The maximum atomic E-state index is 13.8. The molecule has 0 radical (unpaired) electrons. The summed E-state index contributed by atoms with van der Waals surface area (Å²) in [6.45, 7) is 2.07. The van der Waals surface area contributed by atoms with Crippen LogP contribution in [0.4, 0.5) is 8.78 Å². The fourth-order valence-corrected chi connectivity index (χ4v) is 2.18. The maximum absolute atomic E-state index is 13.8. The molecule has 0 fully saturated rings. The Labute approximate surface area is 124 Å². The molecular formula is C14H15BrF2N2O. The molecular weight excluding hydrogens is 330 g/mol. The summed E-state index contributed by atoms with van der Waals surface area (Å²) in [5, 5.41) is 4.65. The van der Waals surface area contributed by atoms with E-state index < -0.39 is 11.6 Å². The second kappa shape index (κ2) is 6.35. The van der Waals surface area contributed by atoms with Gasteiger partial charge in [0.2, 0.25) is 0 Å². The van der Waals surface area contributed by atoms with Crippen LogP contribution in [0.25, 0.3) is 0 Å². The Morgan fingerprint density at radius 3 is 2.40 bits per heavy atom. The summed E-state index contributed by atoms with van der Waals surface area (Å²) in [7, 11) is 1.78. The molecule has 20 heavy (non-hydrogen) atoms. The molecule has 0 bridgehead atoms. The third-order valence-electron chi connectivity index (χ3n) is 2.97. The molecule has 1 heterocycles. The van der Waals surface area contributed by atoms with Gasteiger partial charge in [0.15, 0.2) is 17.4 Å². The normalized spacial score (nSPS) is 10.8. The van der Waals surface area contributed by atoms with Gasteiger partial charge in [0.05, 0.1) is 11.4 Å². The van der Waals surface area contributed by atoms with Gasteiger partial charge in [-0.1, -0.05) is 22.9 Å². The molecule has 0 aliphatic heterocycles.